The van der Waals surface area contributed by atoms with Gasteiger partial charge in [-0.25, -0.2) is 4.99 Å². The highest BCUT2D eigenvalue weighted by molar-refractivity contribution is 7.80. The molecule has 1 aromatic rings. The number of thiocarbonyl (C=S) groups is 1. The van der Waals surface area contributed by atoms with Crippen molar-refractivity contribution in [2.24, 2.45) is 10.9 Å². The molecule has 22 heavy (non-hydrogen) atoms. The summed E-state index contributed by atoms with van der Waals surface area (Å²) in [5, 5.41) is 6.17. The molecule has 3 rings (SSSR count). The number of anilines is 1. The molecule has 0 bridgehead atoms. The predicted octanol–water partition coefficient (Wildman–Crippen LogP) is 3.25. The van der Waals surface area contributed by atoms with Gasteiger partial charge in [0.1, 0.15) is 5.84 Å². The maximum absolute atomic E-state index is 5.42. The summed E-state index contributed by atoms with van der Waals surface area (Å²) in [7, 11) is 0. The molecule has 2 atom stereocenters. The third-order valence-corrected chi connectivity index (χ3v) is 4.77. The molecular weight excluding hydrogens is 292 g/mol. The first-order valence-corrected chi connectivity index (χ1v) is 8.60. The van der Waals surface area contributed by atoms with Crippen molar-refractivity contribution in [2.45, 2.75) is 45.1 Å². The minimum absolute atomic E-state index is 0.484. The molecule has 0 unspecified atom stereocenters. The lowest BCUT2D eigenvalue weighted by Crippen LogP contribution is -2.40. The lowest BCUT2D eigenvalue weighted by atomic mass is 9.86. The minimum Gasteiger partial charge on any atom is -0.358 e. The molecular formula is C17H24N4S. The molecule has 1 saturated carbocycles. The Labute approximate surface area is 138 Å². The van der Waals surface area contributed by atoms with E-state index in [-0.39, 0.29) is 0 Å². The molecule has 1 aliphatic carbocycles. The van der Waals surface area contributed by atoms with Crippen molar-refractivity contribution in [1.29, 1.82) is 0 Å². The van der Waals surface area contributed by atoms with Crippen LogP contribution in [0.4, 0.5) is 5.69 Å². The Morgan fingerprint density at radius 1 is 1.27 bits per heavy atom. The van der Waals surface area contributed by atoms with E-state index in [1.165, 1.54) is 25.7 Å². The Kier molecular flexibility index (Phi) is 4.93. The van der Waals surface area contributed by atoms with E-state index in [4.69, 9.17) is 12.2 Å². The van der Waals surface area contributed by atoms with E-state index in [0.29, 0.717) is 17.1 Å². The Morgan fingerprint density at radius 3 is 2.82 bits per heavy atom. The summed E-state index contributed by atoms with van der Waals surface area (Å²) >= 11 is 5.42. The van der Waals surface area contributed by atoms with Crippen molar-refractivity contribution in [3.05, 3.63) is 30.3 Å². The maximum Gasteiger partial charge on any atom is 0.194 e. The van der Waals surface area contributed by atoms with Crippen LogP contribution < -0.4 is 15.8 Å². The van der Waals surface area contributed by atoms with E-state index in [1.807, 2.05) is 18.2 Å². The van der Waals surface area contributed by atoms with Gasteiger partial charge in [0.2, 0.25) is 0 Å². The number of para-hydroxylation sites is 1. The van der Waals surface area contributed by atoms with Crippen LogP contribution in [-0.4, -0.2) is 23.5 Å². The van der Waals surface area contributed by atoms with Gasteiger partial charge in [-0.3, -0.25) is 10.4 Å². The smallest absolute Gasteiger partial charge is 0.194 e. The van der Waals surface area contributed by atoms with Crippen molar-refractivity contribution in [3.8, 4) is 0 Å². The summed E-state index contributed by atoms with van der Waals surface area (Å²) in [4.78, 5) is 4.56. The second-order valence-corrected chi connectivity index (χ2v) is 6.61. The monoisotopic (exact) mass is 316 g/mol. The average Bonchev–Trinajstić information content (AvgIpc) is 2.99. The van der Waals surface area contributed by atoms with Gasteiger partial charge in [0.05, 0.1) is 5.69 Å². The lowest BCUT2D eigenvalue weighted by molar-refractivity contribution is 0.309. The summed E-state index contributed by atoms with van der Waals surface area (Å²) in [6.07, 6.45) is 6.03. The molecule has 118 valence electrons. The zero-order chi connectivity index (χ0) is 15.4. The van der Waals surface area contributed by atoms with Gasteiger partial charge in [-0.2, -0.15) is 0 Å². The molecule has 0 aromatic heterocycles. The molecule has 0 spiro atoms. The van der Waals surface area contributed by atoms with Crippen LogP contribution in [0.15, 0.2) is 35.3 Å². The van der Waals surface area contributed by atoms with Crippen molar-refractivity contribution < 1.29 is 0 Å². The number of nitrogens with zero attached hydrogens (tertiary/aromatic N) is 2. The van der Waals surface area contributed by atoms with Gasteiger partial charge >= 0.3 is 0 Å². The summed E-state index contributed by atoms with van der Waals surface area (Å²) in [5.41, 5.74) is 4.50. The van der Waals surface area contributed by atoms with Crippen LogP contribution in [0.2, 0.25) is 0 Å². The number of hydrazine groups is 1. The zero-order valence-corrected chi connectivity index (χ0v) is 13.9. The highest BCUT2D eigenvalue weighted by Gasteiger charge is 2.22. The molecule has 2 fully saturated rings. The van der Waals surface area contributed by atoms with Crippen LogP contribution in [0.25, 0.3) is 0 Å². The maximum atomic E-state index is 5.42. The second kappa shape index (κ2) is 7.09. The van der Waals surface area contributed by atoms with E-state index in [0.717, 1.165) is 24.5 Å². The first-order chi connectivity index (χ1) is 10.7. The van der Waals surface area contributed by atoms with Crippen molar-refractivity contribution in [3.63, 3.8) is 0 Å². The Bertz CT molecular complexity index is 543. The Morgan fingerprint density at radius 2 is 2.05 bits per heavy atom. The summed E-state index contributed by atoms with van der Waals surface area (Å²) < 4.78 is 0. The molecule has 2 N–H and O–H groups in total. The van der Waals surface area contributed by atoms with Gasteiger partial charge in [-0.05, 0) is 43.1 Å². The zero-order valence-electron chi connectivity index (χ0n) is 13.1. The number of hydrogen-bond acceptors (Lipinski definition) is 2. The highest BCUT2D eigenvalue weighted by atomic mass is 32.1. The van der Waals surface area contributed by atoms with Crippen LogP contribution in [0, 0.1) is 5.92 Å². The summed E-state index contributed by atoms with van der Waals surface area (Å²) in [6, 6.07) is 10.8. The first-order valence-electron chi connectivity index (χ1n) is 8.19. The molecule has 4 nitrogen and oxygen atoms in total. The van der Waals surface area contributed by atoms with Crippen molar-refractivity contribution in [2.75, 3.05) is 11.6 Å². The molecule has 5 heteroatoms. The van der Waals surface area contributed by atoms with Gasteiger partial charge in [0.15, 0.2) is 5.11 Å². The molecule has 1 aliphatic heterocycles. The fraction of sp³-hybridized carbons (Fsp3) is 0.529. The number of benzene rings is 1. The standard InChI is InChI=1S/C17H24N4S/c1-13-7-5-6-10-15(13)18-17(22)19-16-11-12-21(20-16)14-8-3-2-4-9-14/h2-4,8-9,13,15H,5-7,10-12H2,1H3,(H2,18,19,20,22)/t13-,15-/m0/s1. The highest BCUT2D eigenvalue weighted by Crippen LogP contribution is 2.23. The Balaban J connectivity index is 1.55. The minimum atomic E-state index is 0.484. The van der Waals surface area contributed by atoms with Crippen LogP contribution in [-0.2, 0) is 0 Å². The molecule has 1 heterocycles. The van der Waals surface area contributed by atoms with E-state index >= 15 is 0 Å². The molecule has 2 aliphatic rings. The number of aliphatic imine (C=N–C) groups is 1. The van der Waals surface area contributed by atoms with E-state index < -0.39 is 0 Å². The van der Waals surface area contributed by atoms with Crippen molar-refractivity contribution in [1.82, 2.24) is 10.7 Å². The predicted molar refractivity (Wildman–Crippen MR) is 96.1 cm³/mol. The lowest BCUT2D eigenvalue weighted by Gasteiger charge is -2.29. The topological polar surface area (TPSA) is 39.7 Å². The fourth-order valence-corrected chi connectivity index (χ4v) is 3.47. The van der Waals surface area contributed by atoms with Crippen LogP contribution in [0.1, 0.15) is 39.0 Å². The van der Waals surface area contributed by atoms with Crippen molar-refractivity contribution >= 4 is 28.9 Å². The Hall–Kier alpha value is -1.62. The van der Waals surface area contributed by atoms with E-state index in [9.17, 15) is 0 Å². The average molecular weight is 316 g/mol. The summed E-state index contributed by atoms with van der Waals surface area (Å²) in [6.45, 7) is 3.23. The first kappa shape index (κ1) is 15.3. The normalized spacial score (nSPS) is 26.8. The van der Waals surface area contributed by atoms with Gasteiger partial charge in [0, 0.05) is 19.0 Å². The number of amidine groups is 1. The quantitative estimate of drug-likeness (QED) is 0.822. The van der Waals surface area contributed by atoms with Gasteiger partial charge in [0.25, 0.3) is 0 Å². The van der Waals surface area contributed by atoms with E-state index in [1.54, 1.807) is 0 Å². The van der Waals surface area contributed by atoms with Gasteiger partial charge in [-0.15, -0.1) is 0 Å². The third-order valence-electron chi connectivity index (χ3n) is 4.56. The summed E-state index contributed by atoms with van der Waals surface area (Å²) in [5.74, 6) is 1.63. The number of rotatable bonds is 2. The number of hydrogen-bond donors (Lipinski definition) is 2. The SMILES string of the molecule is C[C@H]1CCCC[C@@H]1NC(=S)/N=C1/CCN(c2ccccc2)N1. The molecule has 1 saturated heterocycles. The van der Waals surface area contributed by atoms with Gasteiger partial charge in [-0.1, -0.05) is 38.0 Å². The van der Waals surface area contributed by atoms with Gasteiger partial charge < -0.3 is 5.32 Å². The fourth-order valence-electron chi connectivity index (χ4n) is 3.21. The van der Waals surface area contributed by atoms with Crippen LogP contribution in [0.3, 0.4) is 0 Å². The molecule has 1 aromatic carbocycles. The largest absolute Gasteiger partial charge is 0.358 e. The molecule has 0 amide bonds. The molecule has 0 radical (unpaired) electrons. The number of nitrogens with one attached hydrogen (secondary N) is 2. The van der Waals surface area contributed by atoms with Crippen LogP contribution >= 0.6 is 12.2 Å². The third kappa shape index (κ3) is 3.77. The van der Waals surface area contributed by atoms with Crippen LogP contribution in [0.5, 0.6) is 0 Å². The second-order valence-electron chi connectivity index (χ2n) is 6.23. The van der Waals surface area contributed by atoms with E-state index in [2.05, 4.69) is 39.8 Å².